The van der Waals surface area contributed by atoms with Crippen molar-refractivity contribution in [3.05, 3.63) is 35.9 Å². The maximum absolute atomic E-state index is 12.1. The average Bonchev–Trinajstić information content (AvgIpc) is 3.00. The van der Waals surface area contributed by atoms with Gasteiger partial charge >= 0.3 is 12.1 Å². The number of methoxy groups -OCH3 is 1. The van der Waals surface area contributed by atoms with Gasteiger partial charge < -0.3 is 14.4 Å². The normalized spacial score (nSPS) is 19.0. The van der Waals surface area contributed by atoms with Gasteiger partial charge in [-0.15, -0.1) is 0 Å². The molecule has 6 nitrogen and oxygen atoms in total. The Kier molecular flexibility index (Phi) is 5.83. The Morgan fingerprint density at radius 3 is 2.50 bits per heavy atom. The molecule has 0 aromatic heterocycles. The molecule has 0 bridgehead atoms. The van der Waals surface area contributed by atoms with Crippen LogP contribution in [0.5, 0.6) is 0 Å². The third-order valence-corrected chi connectivity index (χ3v) is 3.81. The van der Waals surface area contributed by atoms with Gasteiger partial charge in [-0.3, -0.25) is 5.32 Å². The molecule has 0 spiro atoms. The standard InChI is InChI=1S/C18H26N2O4/c1-18(2,3)24-17(22)20-11-10-14(12-20)19-15(16(21)23-4)13-8-6-5-7-9-13/h5-9,14-15,19H,10-12H2,1-4H3/t14-,15?/m0/s1. The quantitative estimate of drug-likeness (QED) is 0.857. The van der Waals surface area contributed by atoms with Crippen LogP contribution in [0, 0.1) is 0 Å². The Balaban J connectivity index is 1.99. The molecule has 6 heteroatoms. The number of rotatable bonds is 4. The summed E-state index contributed by atoms with van der Waals surface area (Å²) in [5.74, 6) is -0.336. The van der Waals surface area contributed by atoms with Gasteiger partial charge in [0.05, 0.1) is 7.11 Å². The van der Waals surface area contributed by atoms with Gasteiger partial charge in [0.2, 0.25) is 0 Å². The number of hydrogen-bond donors (Lipinski definition) is 1. The first-order chi connectivity index (χ1) is 11.3. The summed E-state index contributed by atoms with van der Waals surface area (Å²) in [5.41, 5.74) is 0.335. The van der Waals surface area contributed by atoms with Gasteiger partial charge in [-0.25, -0.2) is 9.59 Å². The molecular formula is C18H26N2O4. The van der Waals surface area contributed by atoms with Crippen LogP contribution in [0.2, 0.25) is 0 Å². The zero-order valence-electron chi connectivity index (χ0n) is 14.7. The molecule has 1 amide bonds. The average molecular weight is 334 g/mol. The number of carbonyl (C=O) groups is 2. The highest BCUT2D eigenvalue weighted by Gasteiger charge is 2.33. The first-order valence-electron chi connectivity index (χ1n) is 8.17. The largest absolute Gasteiger partial charge is 0.468 e. The molecule has 0 aliphatic carbocycles. The van der Waals surface area contributed by atoms with Crippen molar-refractivity contribution in [3.63, 3.8) is 0 Å². The molecule has 2 atom stereocenters. The minimum atomic E-state index is -0.542. The number of nitrogens with one attached hydrogen (secondary N) is 1. The molecule has 132 valence electrons. The lowest BCUT2D eigenvalue weighted by Gasteiger charge is -2.25. The van der Waals surface area contributed by atoms with Crippen molar-refractivity contribution in [3.8, 4) is 0 Å². The van der Waals surface area contributed by atoms with E-state index >= 15 is 0 Å². The van der Waals surface area contributed by atoms with Crippen LogP contribution >= 0.6 is 0 Å². The zero-order chi connectivity index (χ0) is 17.7. The summed E-state index contributed by atoms with van der Waals surface area (Å²) < 4.78 is 10.3. The van der Waals surface area contributed by atoms with E-state index in [1.54, 1.807) is 4.90 Å². The van der Waals surface area contributed by atoms with Crippen LogP contribution in [0.3, 0.4) is 0 Å². The topological polar surface area (TPSA) is 67.9 Å². The van der Waals surface area contributed by atoms with Crippen LogP contribution in [-0.2, 0) is 14.3 Å². The van der Waals surface area contributed by atoms with E-state index in [4.69, 9.17) is 9.47 Å². The molecule has 1 N–H and O–H groups in total. The Morgan fingerprint density at radius 1 is 1.25 bits per heavy atom. The van der Waals surface area contributed by atoms with Gasteiger partial charge in [-0.2, -0.15) is 0 Å². The fourth-order valence-corrected chi connectivity index (χ4v) is 2.69. The molecular weight excluding hydrogens is 308 g/mol. The number of ether oxygens (including phenoxy) is 2. The summed E-state index contributed by atoms with van der Waals surface area (Å²) in [6.45, 7) is 6.66. The lowest BCUT2D eigenvalue weighted by atomic mass is 10.1. The van der Waals surface area contributed by atoms with E-state index < -0.39 is 11.6 Å². The van der Waals surface area contributed by atoms with Gasteiger partial charge in [0, 0.05) is 19.1 Å². The third-order valence-electron chi connectivity index (χ3n) is 3.81. The molecule has 1 aliphatic heterocycles. The van der Waals surface area contributed by atoms with Crippen LogP contribution < -0.4 is 5.32 Å². The van der Waals surface area contributed by atoms with E-state index in [1.807, 2.05) is 51.1 Å². The maximum Gasteiger partial charge on any atom is 0.410 e. The molecule has 1 saturated heterocycles. The predicted octanol–water partition coefficient (Wildman–Crippen LogP) is 2.50. The van der Waals surface area contributed by atoms with Crippen molar-refractivity contribution in [1.82, 2.24) is 10.2 Å². The Morgan fingerprint density at radius 2 is 1.92 bits per heavy atom. The summed E-state index contributed by atoms with van der Waals surface area (Å²) in [5, 5.41) is 3.31. The molecule has 1 aliphatic rings. The lowest BCUT2D eigenvalue weighted by molar-refractivity contribution is -0.143. The fourth-order valence-electron chi connectivity index (χ4n) is 2.69. The van der Waals surface area contributed by atoms with E-state index in [0.717, 1.165) is 12.0 Å². The summed E-state index contributed by atoms with van der Waals surface area (Å²) in [4.78, 5) is 25.9. The summed E-state index contributed by atoms with van der Waals surface area (Å²) in [6.07, 6.45) is 0.445. The summed E-state index contributed by atoms with van der Waals surface area (Å²) in [6, 6.07) is 8.91. The van der Waals surface area contributed by atoms with Crippen LogP contribution in [-0.4, -0.2) is 48.8 Å². The number of likely N-dealkylation sites (tertiary alicyclic amines) is 1. The Bertz CT molecular complexity index is 568. The maximum atomic E-state index is 12.1. The zero-order valence-corrected chi connectivity index (χ0v) is 14.7. The van der Waals surface area contributed by atoms with Gasteiger partial charge in [0.1, 0.15) is 11.6 Å². The van der Waals surface area contributed by atoms with Crippen molar-refractivity contribution in [1.29, 1.82) is 0 Å². The van der Waals surface area contributed by atoms with Crippen molar-refractivity contribution < 1.29 is 19.1 Å². The van der Waals surface area contributed by atoms with Crippen LogP contribution in [0.15, 0.2) is 30.3 Å². The monoisotopic (exact) mass is 334 g/mol. The fraction of sp³-hybridized carbons (Fsp3) is 0.556. The number of hydrogen-bond acceptors (Lipinski definition) is 5. The number of amides is 1. The second-order valence-corrected chi connectivity index (χ2v) is 6.95. The predicted molar refractivity (Wildman–Crippen MR) is 90.5 cm³/mol. The van der Waals surface area contributed by atoms with E-state index in [1.165, 1.54) is 7.11 Å². The first kappa shape index (κ1) is 18.3. The van der Waals surface area contributed by atoms with Crippen molar-refractivity contribution in [2.24, 2.45) is 0 Å². The molecule has 0 saturated carbocycles. The Hall–Kier alpha value is -2.08. The van der Waals surface area contributed by atoms with Crippen molar-refractivity contribution in [2.75, 3.05) is 20.2 Å². The molecule has 0 radical (unpaired) electrons. The Labute approximate surface area is 143 Å². The van der Waals surface area contributed by atoms with Gasteiger partial charge in [-0.05, 0) is 32.8 Å². The minimum absolute atomic E-state index is 0.0156. The highest BCUT2D eigenvalue weighted by atomic mass is 16.6. The molecule has 1 fully saturated rings. The number of nitrogens with zero attached hydrogens (tertiary/aromatic N) is 1. The highest BCUT2D eigenvalue weighted by molar-refractivity contribution is 5.77. The van der Waals surface area contributed by atoms with Crippen molar-refractivity contribution in [2.45, 2.75) is 44.9 Å². The SMILES string of the molecule is COC(=O)C(N[C@H]1CCN(C(=O)OC(C)(C)C)C1)c1ccccc1. The van der Waals surface area contributed by atoms with E-state index in [0.29, 0.717) is 13.1 Å². The molecule has 2 rings (SSSR count). The van der Waals surface area contributed by atoms with E-state index in [-0.39, 0.29) is 18.1 Å². The smallest absolute Gasteiger partial charge is 0.410 e. The second-order valence-electron chi connectivity index (χ2n) is 6.95. The molecule has 1 heterocycles. The van der Waals surface area contributed by atoms with Gasteiger partial charge in [0.15, 0.2) is 0 Å². The molecule has 1 aromatic rings. The number of esters is 1. The number of carbonyl (C=O) groups excluding carboxylic acids is 2. The van der Waals surface area contributed by atoms with E-state index in [9.17, 15) is 9.59 Å². The molecule has 1 unspecified atom stereocenters. The number of benzene rings is 1. The molecule has 24 heavy (non-hydrogen) atoms. The van der Waals surface area contributed by atoms with Crippen LogP contribution in [0.4, 0.5) is 4.79 Å². The van der Waals surface area contributed by atoms with Crippen LogP contribution in [0.25, 0.3) is 0 Å². The van der Waals surface area contributed by atoms with Crippen molar-refractivity contribution >= 4 is 12.1 Å². The van der Waals surface area contributed by atoms with E-state index in [2.05, 4.69) is 5.32 Å². The minimum Gasteiger partial charge on any atom is -0.468 e. The summed E-state index contributed by atoms with van der Waals surface area (Å²) >= 11 is 0. The lowest BCUT2D eigenvalue weighted by Crippen LogP contribution is -2.41. The molecule has 1 aromatic carbocycles. The second kappa shape index (κ2) is 7.66. The third kappa shape index (κ3) is 4.96. The van der Waals surface area contributed by atoms with Gasteiger partial charge in [0.25, 0.3) is 0 Å². The highest BCUT2D eigenvalue weighted by Crippen LogP contribution is 2.20. The van der Waals surface area contributed by atoms with Gasteiger partial charge in [-0.1, -0.05) is 30.3 Å². The summed E-state index contributed by atoms with van der Waals surface area (Å²) in [7, 11) is 1.38. The van der Waals surface area contributed by atoms with Crippen LogP contribution in [0.1, 0.15) is 38.8 Å². The first-order valence-corrected chi connectivity index (χ1v) is 8.17.